The lowest BCUT2D eigenvalue weighted by molar-refractivity contribution is -0.181. The summed E-state index contributed by atoms with van der Waals surface area (Å²) in [5.74, 6) is 0.0414. The van der Waals surface area contributed by atoms with Crippen molar-refractivity contribution in [2.75, 3.05) is 32.5 Å². The van der Waals surface area contributed by atoms with E-state index in [1.807, 2.05) is 12.1 Å². The highest BCUT2D eigenvalue weighted by atomic mass is 32.2. The minimum absolute atomic E-state index is 0.0678. The Labute approximate surface area is 136 Å². The largest absolute Gasteiger partial charge is 0.372 e. The van der Waals surface area contributed by atoms with Gasteiger partial charge in [-0.05, 0) is 36.5 Å². The molecule has 1 unspecified atom stereocenters. The highest BCUT2D eigenvalue weighted by Crippen LogP contribution is 2.36. The standard InChI is InChI=1S/C16H23FN2O3S/c1-23(20,21)18-8-14-6-7-16(22-10-14)11-19(12-16)9-13-2-4-15(17)5-3-13/h2-5,14,18H,6-12H2,1H3. The zero-order valence-electron chi connectivity index (χ0n) is 13.3. The van der Waals surface area contributed by atoms with E-state index in [2.05, 4.69) is 9.62 Å². The van der Waals surface area contributed by atoms with Crippen molar-refractivity contribution in [1.82, 2.24) is 9.62 Å². The van der Waals surface area contributed by atoms with E-state index in [4.69, 9.17) is 4.74 Å². The molecule has 0 saturated carbocycles. The third-order valence-electron chi connectivity index (χ3n) is 4.61. The molecule has 5 nitrogen and oxygen atoms in total. The van der Waals surface area contributed by atoms with Crippen LogP contribution in [0.15, 0.2) is 24.3 Å². The Morgan fingerprint density at radius 1 is 1.35 bits per heavy atom. The molecule has 0 aromatic heterocycles. The number of nitrogens with one attached hydrogen (secondary N) is 1. The first kappa shape index (κ1) is 16.8. The topological polar surface area (TPSA) is 58.6 Å². The molecule has 3 rings (SSSR count). The van der Waals surface area contributed by atoms with E-state index >= 15 is 0 Å². The number of benzene rings is 1. The van der Waals surface area contributed by atoms with Gasteiger partial charge in [0.25, 0.3) is 0 Å². The summed E-state index contributed by atoms with van der Waals surface area (Å²) in [7, 11) is -3.13. The summed E-state index contributed by atoms with van der Waals surface area (Å²) < 4.78 is 43.7. The lowest BCUT2D eigenvalue weighted by Crippen LogP contribution is -2.64. The van der Waals surface area contributed by atoms with Gasteiger partial charge in [-0.3, -0.25) is 4.90 Å². The number of halogens is 1. The molecular formula is C16H23FN2O3S. The number of hydrogen-bond acceptors (Lipinski definition) is 4. The quantitative estimate of drug-likeness (QED) is 0.878. The molecule has 2 saturated heterocycles. The van der Waals surface area contributed by atoms with Crippen LogP contribution in [-0.4, -0.2) is 51.4 Å². The van der Waals surface area contributed by atoms with Crippen LogP contribution in [0.4, 0.5) is 4.39 Å². The molecule has 7 heteroatoms. The van der Waals surface area contributed by atoms with Crippen LogP contribution in [0.2, 0.25) is 0 Å². The smallest absolute Gasteiger partial charge is 0.208 e. The Bertz CT molecular complexity index is 632. The van der Waals surface area contributed by atoms with Gasteiger partial charge in [0.1, 0.15) is 5.82 Å². The zero-order valence-corrected chi connectivity index (χ0v) is 14.1. The first-order valence-corrected chi connectivity index (χ1v) is 9.78. The van der Waals surface area contributed by atoms with E-state index in [1.165, 1.54) is 18.4 Å². The van der Waals surface area contributed by atoms with Gasteiger partial charge in [0.05, 0.1) is 18.5 Å². The molecule has 1 N–H and O–H groups in total. The summed E-state index contributed by atoms with van der Waals surface area (Å²) in [6.07, 6.45) is 3.12. The second kappa shape index (κ2) is 6.47. The first-order chi connectivity index (χ1) is 10.8. The molecule has 0 aliphatic carbocycles. The van der Waals surface area contributed by atoms with Gasteiger partial charge in [-0.2, -0.15) is 0 Å². The summed E-state index contributed by atoms with van der Waals surface area (Å²) in [4.78, 5) is 2.29. The molecule has 2 fully saturated rings. The number of nitrogens with zero attached hydrogens (tertiary/aromatic N) is 1. The zero-order chi connectivity index (χ0) is 16.5. The third kappa shape index (κ3) is 4.50. The molecule has 23 heavy (non-hydrogen) atoms. The second-order valence-corrected chi connectivity index (χ2v) is 8.62. The van der Waals surface area contributed by atoms with E-state index < -0.39 is 10.0 Å². The first-order valence-electron chi connectivity index (χ1n) is 7.89. The summed E-state index contributed by atoms with van der Waals surface area (Å²) in [5, 5.41) is 0. The van der Waals surface area contributed by atoms with E-state index in [9.17, 15) is 12.8 Å². The highest BCUT2D eigenvalue weighted by molar-refractivity contribution is 7.88. The molecule has 0 amide bonds. The normalized spacial score (nSPS) is 24.5. The average molecular weight is 342 g/mol. The molecule has 0 radical (unpaired) electrons. The fraction of sp³-hybridized carbons (Fsp3) is 0.625. The van der Waals surface area contributed by atoms with Crippen molar-refractivity contribution in [1.29, 1.82) is 0 Å². The van der Waals surface area contributed by atoms with Gasteiger partial charge in [0.15, 0.2) is 0 Å². The number of ether oxygens (including phenoxy) is 1. The Morgan fingerprint density at radius 3 is 2.61 bits per heavy atom. The molecule has 2 aliphatic heterocycles. The molecule has 0 bridgehead atoms. The van der Waals surface area contributed by atoms with Crippen molar-refractivity contribution in [3.8, 4) is 0 Å². The van der Waals surface area contributed by atoms with Crippen molar-refractivity contribution in [2.45, 2.75) is 25.0 Å². The molecule has 1 aromatic carbocycles. The fourth-order valence-corrected chi connectivity index (χ4v) is 3.86. The van der Waals surface area contributed by atoms with Crippen LogP contribution >= 0.6 is 0 Å². The maximum atomic E-state index is 12.9. The molecule has 1 atom stereocenters. The van der Waals surface area contributed by atoms with Crippen LogP contribution in [0.5, 0.6) is 0 Å². The Balaban J connectivity index is 1.42. The van der Waals surface area contributed by atoms with E-state index in [0.29, 0.717) is 13.2 Å². The van der Waals surface area contributed by atoms with Crippen molar-refractivity contribution >= 4 is 10.0 Å². The van der Waals surface area contributed by atoms with E-state index in [-0.39, 0.29) is 17.3 Å². The van der Waals surface area contributed by atoms with Gasteiger partial charge < -0.3 is 4.74 Å². The summed E-state index contributed by atoms with van der Waals surface area (Å²) >= 11 is 0. The Hall–Kier alpha value is -1.02. The molecule has 2 heterocycles. The number of rotatable bonds is 5. The van der Waals surface area contributed by atoms with Crippen LogP contribution < -0.4 is 4.72 Å². The van der Waals surface area contributed by atoms with Crippen LogP contribution in [0.25, 0.3) is 0 Å². The van der Waals surface area contributed by atoms with Gasteiger partial charge >= 0.3 is 0 Å². The van der Waals surface area contributed by atoms with Crippen LogP contribution in [0.1, 0.15) is 18.4 Å². The summed E-state index contributed by atoms with van der Waals surface area (Å²) in [5.41, 5.74) is 1.04. The van der Waals surface area contributed by atoms with Crippen molar-refractivity contribution in [3.63, 3.8) is 0 Å². The fourth-order valence-electron chi connectivity index (χ4n) is 3.33. The second-order valence-electron chi connectivity index (χ2n) is 6.79. The Kier molecular flexibility index (Phi) is 4.73. The SMILES string of the molecule is CS(=O)(=O)NCC1CCC2(CN(Cc3ccc(F)cc3)C2)OC1. The maximum absolute atomic E-state index is 12.9. The van der Waals surface area contributed by atoms with Gasteiger partial charge in [-0.15, -0.1) is 0 Å². The lowest BCUT2D eigenvalue weighted by atomic mass is 9.83. The predicted octanol–water partition coefficient (Wildman–Crippen LogP) is 1.36. The summed E-state index contributed by atoms with van der Waals surface area (Å²) in [6, 6.07) is 6.60. The summed E-state index contributed by atoms with van der Waals surface area (Å²) in [6.45, 7) is 3.64. The Morgan fingerprint density at radius 2 is 2.04 bits per heavy atom. The van der Waals surface area contributed by atoms with Gasteiger partial charge in [-0.25, -0.2) is 17.5 Å². The average Bonchev–Trinajstić information content (AvgIpc) is 2.46. The number of hydrogen-bond donors (Lipinski definition) is 1. The van der Waals surface area contributed by atoms with Crippen molar-refractivity contribution in [3.05, 3.63) is 35.6 Å². The molecular weight excluding hydrogens is 319 g/mol. The monoisotopic (exact) mass is 342 g/mol. The van der Waals surface area contributed by atoms with Gasteiger partial charge in [0.2, 0.25) is 10.0 Å². The number of likely N-dealkylation sites (tertiary alicyclic amines) is 1. The van der Waals surface area contributed by atoms with Crippen LogP contribution in [0.3, 0.4) is 0 Å². The maximum Gasteiger partial charge on any atom is 0.208 e. The van der Waals surface area contributed by atoms with Gasteiger partial charge in [-0.1, -0.05) is 12.1 Å². The highest BCUT2D eigenvalue weighted by Gasteiger charge is 2.46. The van der Waals surface area contributed by atoms with Crippen molar-refractivity contribution < 1.29 is 17.5 Å². The van der Waals surface area contributed by atoms with E-state index in [0.717, 1.165) is 38.0 Å². The minimum Gasteiger partial charge on any atom is -0.372 e. The van der Waals surface area contributed by atoms with Crippen LogP contribution in [0, 0.1) is 11.7 Å². The lowest BCUT2D eigenvalue weighted by Gasteiger charge is -2.53. The predicted molar refractivity (Wildman–Crippen MR) is 85.9 cm³/mol. The van der Waals surface area contributed by atoms with Crippen LogP contribution in [-0.2, 0) is 21.3 Å². The molecule has 2 aliphatic rings. The minimum atomic E-state index is -3.13. The molecule has 1 aromatic rings. The molecule has 1 spiro atoms. The third-order valence-corrected chi connectivity index (χ3v) is 5.30. The van der Waals surface area contributed by atoms with Crippen molar-refractivity contribution in [2.24, 2.45) is 5.92 Å². The molecule has 128 valence electrons. The van der Waals surface area contributed by atoms with E-state index in [1.54, 1.807) is 0 Å². The van der Waals surface area contributed by atoms with Gasteiger partial charge in [0, 0.05) is 26.2 Å². The number of sulfonamides is 1.